The van der Waals surface area contributed by atoms with Gasteiger partial charge in [0.1, 0.15) is 11.2 Å². The van der Waals surface area contributed by atoms with Gasteiger partial charge >= 0.3 is 6.85 Å². The van der Waals surface area contributed by atoms with Crippen molar-refractivity contribution in [2.45, 2.75) is 65.2 Å². The molecule has 7 aromatic carbocycles. The van der Waals surface area contributed by atoms with Crippen LogP contribution in [0.15, 0.2) is 120 Å². The van der Waals surface area contributed by atoms with Crippen molar-refractivity contribution >= 4 is 83.7 Å². The summed E-state index contributed by atoms with van der Waals surface area (Å²) in [5.41, 5.74) is 19.2. The van der Waals surface area contributed by atoms with Crippen LogP contribution < -0.4 is 15.7 Å². The number of para-hydroxylation sites is 2. The summed E-state index contributed by atoms with van der Waals surface area (Å²) < 4.78 is 9.56. The Kier molecular flexibility index (Phi) is 5.72. The van der Waals surface area contributed by atoms with E-state index in [1.807, 2.05) is 0 Å². The quantitative estimate of drug-likeness (QED) is 0.159. The third-order valence-corrected chi connectivity index (χ3v) is 13.6. The maximum absolute atomic E-state index is 6.95. The molecule has 0 N–H and O–H groups in total. The molecular weight excluding hydrogens is 655 g/mol. The average Bonchev–Trinajstić information content (AvgIpc) is 3.72. The second-order valence-corrected chi connectivity index (χ2v) is 17.7. The van der Waals surface area contributed by atoms with Crippen LogP contribution in [0.1, 0.15) is 62.8 Å². The number of aryl methyl sites for hydroxylation is 2. The van der Waals surface area contributed by atoms with Gasteiger partial charge in [-0.05, 0) is 112 Å². The number of hydrogen-bond donors (Lipinski definition) is 0. The van der Waals surface area contributed by atoms with Crippen molar-refractivity contribution in [3.8, 4) is 16.8 Å². The van der Waals surface area contributed by atoms with Gasteiger partial charge in [0.2, 0.25) is 0 Å². The first kappa shape index (κ1) is 30.7. The molecular formula is C50H41BN2O. The molecule has 0 bridgehead atoms. The third-order valence-electron chi connectivity index (χ3n) is 13.6. The van der Waals surface area contributed by atoms with Gasteiger partial charge in [0.25, 0.3) is 0 Å². The minimum Gasteiger partial charge on any atom is -0.455 e. The smallest absolute Gasteiger partial charge is 0.333 e. The fourth-order valence-corrected chi connectivity index (χ4v) is 10.8. The second-order valence-electron chi connectivity index (χ2n) is 17.7. The molecule has 12 rings (SSSR count). The molecule has 2 aliphatic heterocycles. The standard InChI is InChI=1S/C50H41BN2O/c1-28-24-36-44-40(21-20-35-32-14-9-10-17-43(32)54-48(35)44)53(41-27-38-37(26-29(41)2)49(3,4)22-23-50(38,5)6)51-39-16-11-15-33-34-19-18-30-12-7-8-13-31(30)46(34)52(47(33)39)42(25-28)45(36)51/h7-21,24-27H,22-23H2,1-6H3. The highest BCUT2D eigenvalue weighted by molar-refractivity contribution is 6.93. The molecule has 1 aliphatic carbocycles. The fraction of sp³-hybridized carbons (Fsp3) is 0.200. The Labute approximate surface area is 315 Å². The van der Waals surface area contributed by atoms with Gasteiger partial charge in [-0.1, -0.05) is 113 Å². The maximum atomic E-state index is 6.95. The highest BCUT2D eigenvalue weighted by Crippen LogP contribution is 2.52. The van der Waals surface area contributed by atoms with Gasteiger partial charge in [-0.3, -0.25) is 0 Å². The summed E-state index contributed by atoms with van der Waals surface area (Å²) >= 11 is 0. The largest absolute Gasteiger partial charge is 0.455 e. The van der Waals surface area contributed by atoms with E-state index in [1.54, 1.807) is 0 Å². The van der Waals surface area contributed by atoms with E-state index in [1.165, 1.54) is 112 Å². The van der Waals surface area contributed by atoms with Crippen LogP contribution in [0.25, 0.3) is 71.3 Å². The van der Waals surface area contributed by atoms with Crippen LogP contribution >= 0.6 is 0 Å². The number of rotatable bonds is 1. The lowest BCUT2D eigenvalue weighted by atomic mass is 9.43. The Morgan fingerprint density at radius 1 is 0.593 bits per heavy atom. The summed E-state index contributed by atoms with van der Waals surface area (Å²) in [6.45, 7) is 14.3. The van der Waals surface area contributed by atoms with Crippen molar-refractivity contribution in [3.05, 3.63) is 138 Å². The highest BCUT2D eigenvalue weighted by Gasteiger charge is 2.46. The van der Waals surface area contributed by atoms with Crippen molar-refractivity contribution in [1.29, 1.82) is 0 Å². The number of nitrogens with zero attached hydrogens (tertiary/aromatic N) is 2. The minimum atomic E-state index is -0.0341. The topological polar surface area (TPSA) is 21.3 Å². The molecule has 3 nitrogen and oxygen atoms in total. The fourth-order valence-electron chi connectivity index (χ4n) is 10.8. The van der Waals surface area contributed by atoms with Crippen LogP contribution in [-0.4, -0.2) is 11.4 Å². The maximum Gasteiger partial charge on any atom is 0.333 e. The molecule has 0 saturated heterocycles. The Balaban J connectivity index is 1.28. The van der Waals surface area contributed by atoms with Crippen LogP contribution in [0, 0.1) is 13.8 Å². The van der Waals surface area contributed by atoms with Gasteiger partial charge in [0, 0.05) is 49.6 Å². The predicted octanol–water partition coefficient (Wildman–Crippen LogP) is 12.0. The van der Waals surface area contributed by atoms with Gasteiger partial charge in [-0.2, -0.15) is 0 Å². The van der Waals surface area contributed by atoms with E-state index >= 15 is 0 Å². The highest BCUT2D eigenvalue weighted by atomic mass is 16.3. The molecule has 0 saturated carbocycles. The molecule has 9 aromatic rings. The predicted molar refractivity (Wildman–Crippen MR) is 229 cm³/mol. The molecule has 54 heavy (non-hydrogen) atoms. The van der Waals surface area contributed by atoms with Gasteiger partial charge < -0.3 is 13.8 Å². The van der Waals surface area contributed by atoms with Crippen molar-refractivity contribution in [2.75, 3.05) is 4.81 Å². The second kappa shape index (κ2) is 10.1. The summed E-state index contributed by atoms with van der Waals surface area (Å²) in [4.78, 5) is 2.70. The van der Waals surface area contributed by atoms with Crippen LogP contribution in [0.3, 0.4) is 0 Å². The zero-order chi connectivity index (χ0) is 36.4. The lowest BCUT2D eigenvalue weighted by molar-refractivity contribution is 0.332. The van der Waals surface area contributed by atoms with Crippen molar-refractivity contribution in [2.24, 2.45) is 0 Å². The molecule has 0 spiro atoms. The molecule has 4 heteroatoms. The summed E-state index contributed by atoms with van der Waals surface area (Å²) in [7, 11) is 0. The summed E-state index contributed by atoms with van der Waals surface area (Å²) in [5.74, 6) is 0. The van der Waals surface area contributed by atoms with Crippen LogP contribution in [0.2, 0.25) is 0 Å². The molecule has 2 aromatic heterocycles. The molecule has 0 atom stereocenters. The van der Waals surface area contributed by atoms with E-state index < -0.39 is 0 Å². The lowest BCUT2D eigenvalue weighted by Gasteiger charge is -2.45. The zero-order valence-electron chi connectivity index (χ0n) is 31.8. The summed E-state index contributed by atoms with van der Waals surface area (Å²) in [6.07, 6.45) is 2.37. The Hall–Kier alpha value is -5.74. The molecule has 4 heterocycles. The summed E-state index contributed by atoms with van der Waals surface area (Å²) in [5, 5.41) is 7.49. The van der Waals surface area contributed by atoms with Crippen LogP contribution in [0.5, 0.6) is 0 Å². The zero-order valence-corrected chi connectivity index (χ0v) is 31.8. The number of fused-ring (bicyclic) bond motifs is 14. The molecule has 0 unspecified atom stereocenters. The van der Waals surface area contributed by atoms with Crippen LogP contribution in [-0.2, 0) is 10.8 Å². The number of benzene rings is 7. The Morgan fingerprint density at radius 3 is 2.13 bits per heavy atom. The van der Waals surface area contributed by atoms with Gasteiger partial charge in [-0.25, -0.2) is 0 Å². The van der Waals surface area contributed by atoms with Gasteiger partial charge in [0.15, 0.2) is 0 Å². The number of anilines is 2. The van der Waals surface area contributed by atoms with Gasteiger partial charge in [-0.15, -0.1) is 0 Å². The van der Waals surface area contributed by atoms with Crippen molar-refractivity contribution < 1.29 is 4.42 Å². The third kappa shape index (κ3) is 3.74. The number of hydrogen-bond acceptors (Lipinski definition) is 2. The number of furan rings is 1. The van der Waals surface area contributed by atoms with E-state index in [9.17, 15) is 0 Å². The molecule has 260 valence electrons. The van der Waals surface area contributed by atoms with E-state index in [-0.39, 0.29) is 17.7 Å². The van der Waals surface area contributed by atoms with E-state index in [0.29, 0.717) is 0 Å². The molecule has 3 aliphatic rings. The first-order valence-corrected chi connectivity index (χ1v) is 19.6. The van der Waals surface area contributed by atoms with E-state index in [2.05, 4.69) is 166 Å². The Bertz CT molecular complexity index is 3160. The lowest BCUT2D eigenvalue weighted by Crippen LogP contribution is -2.60. The van der Waals surface area contributed by atoms with Crippen molar-refractivity contribution in [3.63, 3.8) is 0 Å². The SMILES string of the molecule is Cc1cc2c3c(c1)-n1c4c(cccc4c4ccc5ccccc5c41)B3N(c1cc3c(cc1C)C(C)(C)CCC3(C)C)c1ccc3c(oc4ccccc43)c1-2. The average molecular weight is 697 g/mol. The molecule has 0 fully saturated rings. The van der Waals surface area contributed by atoms with E-state index in [4.69, 9.17) is 4.42 Å². The van der Waals surface area contributed by atoms with Crippen LogP contribution in [0.4, 0.5) is 11.4 Å². The van der Waals surface area contributed by atoms with E-state index in [0.717, 1.165) is 16.6 Å². The molecule has 0 radical (unpaired) electrons. The Morgan fingerprint density at radius 2 is 1.30 bits per heavy atom. The number of aromatic nitrogens is 1. The normalized spacial score (nSPS) is 16.4. The van der Waals surface area contributed by atoms with Crippen molar-refractivity contribution in [1.82, 2.24) is 4.57 Å². The first-order chi connectivity index (χ1) is 26.1. The minimum absolute atomic E-state index is 0.0341. The molecule has 0 amide bonds. The summed E-state index contributed by atoms with van der Waals surface area (Å²) in [6, 6.07) is 43.7. The monoisotopic (exact) mass is 696 g/mol. The van der Waals surface area contributed by atoms with Gasteiger partial charge in [0.05, 0.1) is 11.0 Å². The first-order valence-electron chi connectivity index (χ1n) is 19.6.